The lowest BCUT2D eigenvalue weighted by Crippen LogP contribution is -2.49. The highest BCUT2D eigenvalue weighted by molar-refractivity contribution is 6.24. The molecule has 1 aliphatic rings. The van der Waals surface area contributed by atoms with E-state index in [2.05, 4.69) is 0 Å². The second kappa shape index (κ2) is 2.19. The molecule has 10 heavy (non-hydrogen) atoms. The third-order valence-electron chi connectivity index (χ3n) is 2.60. The van der Waals surface area contributed by atoms with Gasteiger partial charge in [-0.25, -0.2) is 0 Å². The van der Waals surface area contributed by atoms with E-state index in [-0.39, 0.29) is 18.0 Å². The van der Waals surface area contributed by atoms with Gasteiger partial charge < -0.3 is 0 Å². The van der Waals surface area contributed by atoms with Gasteiger partial charge in [-0.1, -0.05) is 13.8 Å². The number of carbonyl (C=O) groups is 2. The van der Waals surface area contributed by atoms with Gasteiger partial charge in [0.25, 0.3) is 0 Å². The summed E-state index contributed by atoms with van der Waals surface area (Å²) >= 11 is 0. The molecule has 0 unspecified atom stereocenters. The van der Waals surface area contributed by atoms with Gasteiger partial charge in [0.15, 0.2) is 11.6 Å². The molecule has 0 bridgehead atoms. The van der Waals surface area contributed by atoms with Crippen LogP contribution in [0.3, 0.4) is 0 Å². The van der Waals surface area contributed by atoms with E-state index in [1.807, 2.05) is 13.8 Å². The minimum Gasteiger partial charge on any atom is -0.298 e. The molecule has 0 aromatic carbocycles. The molecule has 1 rings (SSSR count). The van der Waals surface area contributed by atoms with Crippen molar-refractivity contribution >= 4 is 11.6 Å². The van der Waals surface area contributed by atoms with Crippen LogP contribution in [0.15, 0.2) is 0 Å². The van der Waals surface area contributed by atoms with E-state index >= 15 is 0 Å². The summed E-state index contributed by atoms with van der Waals surface area (Å²) in [7, 11) is 0. The number of rotatable bonds is 2. The Bertz CT molecular complexity index is 162. The molecule has 0 aliphatic heterocycles. The van der Waals surface area contributed by atoms with Crippen molar-refractivity contribution in [3.8, 4) is 0 Å². The minimum atomic E-state index is -0.556. The molecule has 0 heterocycles. The van der Waals surface area contributed by atoms with Crippen molar-refractivity contribution in [3.05, 3.63) is 0 Å². The van der Waals surface area contributed by atoms with Gasteiger partial charge in [-0.05, 0) is 12.8 Å². The fourth-order valence-electron chi connectivity index (χ4n) is 1.57. The molecular weight excluding hydrogens is 128 g/mol. The van der Waals surface area contributed by atoms with Crippen LogP contribution in [0.25, 0.3) is 0 Å². The van der Waals surface area contributed by atoms with E-state index in [1.54, 1.807) is 0 Å². The first-order valence-corrected chi connectivity index (χ1v) is 3.74. The maximum absolute atomic E-state index is 11.0. The zero-order valence-electron chi connectivity index (χ0n) is 6.44. The molecular formula is C8H12O2. The standard InChI is InChI=1S/C8H12O2/c1-3-8(4-2)6(9)5-7(8)10/h3-5H2,1-2H3. The van der Waals surface area contributed by atoms with E-state index < -0.39 is 5.41 Å². The van der Waals surface area contributed by atoms with E-state index in [0.29, 0.717) is 12.8 Å². The van der Waals surface area contributed by atoms with Gasteiger partial charge in [-0.15, -0.1) is 0 Å². The normalized spacial score (nSPS) is 22.6. The van der Waals surface area contributed by atoms with Crippen molar-refractivity contribution in [1.29, 1.82) is 0 Å². The Hall–Kier alpha value is -0.660. The number of carbonyl (C=O) groups excluding carboxylic acids is 2. The van der Waals surface area contributed by atoms with Crippen LogP contribution in [0.2, 0.25) is 0 Å². The Morgan fingerprint density at radius 1 is 1.20 bits per heavy atom. The molecule has 0 saturated heterocycles. The quantitative estimate of drug-likeness (QED) is 0.542. The molecule has 0 aromatic rings. The number of Topliss-reactive ketones (excluding diaryl/α,β-unsaturated/α-hetero) is 2. The van der Waals surface area contributed by atoms with Gasteiger partial charge in [0.1, 0.15) is 0 Å². The summed E-state index contributed by atoms with van der Waals surface area (Å²) in [6.45, 7) is 3.80. The predicted molar refractivity (Wildman–Crippen MR) is 37.6 cm³/mol. The van der Waals surface area contributed by atoms with Crippen molar-refractivity contribution in [3.63, 3.8) is 0 Å². The molecule has 1 saturated carbocycles. The highest BCUT2D eigenvalue weighted by Crippen LogP contribution is 2.39. The van der Waals surface area contributed by atoms with Crippen molar-refractivity contribution in [2.45, 2.75) is 33.1 Å². The lowest BCUT2D eigenvalue weighted by molar-refractivity contribution is -0.153. The second-order valence-corrected chi connectivity index (χ2v) is 2.81. The van der Waals surface area contributed by atoms with E-state index in [9.17, 15) is 9.59 Å². The molecule has 0 amide bonds. The van der Waals surface area contributed by atoms with E-state index in [0.717, 1.165) is 0 Å². The minimum absolute atomic E-state index is 0.141. The van der Waals surface area contributed by atoms with E-state index in [4.69, 9.17) is 0 Å². The van der Waals surface area contributed by atoms with Crippen LogP contribution < -0.4 is 0 Å². The molecule has 2 heteroatoms. The Kier molecular flexibility index (Phi) is 1.63. The van der Waals surface area contributed by atoms with Crippen LogP contribution in [-0.4, -0.2) is 11.6 Å². The van der Waals surface area contributed by atoms with Crippen LogP contribution in [0.1, 0.15) is 33.1 Å². The smallest absolute Gasteiger partial charge is 0.153 e. The predicted octanol–water partition coefficient (Wildman–Crippen LogP) is 1.33. The van der Waals surface area contributed by atoms with Crippen LogP contribution in [0.5, 0.6) is 0 Å². The lowest BCUT2D eigenvalue weighted by Gasteiger charge is -2.36. The number of hydrogen-bond donors (Lipinski definition) is 0. The molecule has 0 aromatic heterocycles. The van der Waals surface area contributed by atoms with Crippen LogP contribution >= 0.6 is 0 Å². The van der Waals surface area contributed by atoms with Gasteiger partial charge in [-0.2, -0.15) is 0 Å². The Balaban J connectivity index is 2.81. The van der Waals surface area contributed by atoms with E-state index in [1.165, 1.54) is 0 Å². The topological polar surface area (TPSA) is 34.1 Å². The van der Waals surface area contributed by atoms with Gasteiger partial charge in [0.05, 0.1) is 11.8 Å². The highest BCUT2D eigenvalue weighted by Gasteiger charge is 2.51. The third kappa shape index (κ3) is 0.648. The molecule has 0 spiro atoms. The lowest BCUT2D eigenvalue weighted by atomic mass is 9.63. The molecule has 0 N–H and O–H groups in total. The first-order valence-electron chi connectivity index (χ1n) is 3.74. The Morgan fingerprint density at radius 2 is 1.60 bits per heavy atom. The number of ketones is 2. The van der Waals surface area contributed by atoms with Crippen LogP contribution in [-0.2, 0) is 9.59 Å². The second-order valence-electron chi connectivity index (χ2n) is 2.81. The van der Waals surface area contributed by atoms with Crippen LogP contribution in [0, 0.1) is 5.41 Å². The van der Waals surface area contributed by atoms with Crippen LogP contribution in [0.4, 0.5) is 0 Å². The Morgan fingerprint density at radius 3 is 1.70 bits per heavy atom. The zero-order valence-corrected chi connectivity index (χ0v) is 6.44. The van der Waals surface area contributed by atoms with Crippen molar-refractivity contribution < 1.29 is 9.59 Å². The maximum Gasteiger partial charge on any atom is 0.153 e. The summed E-state index contributed by atoms with van der Waals surface area (Å²) in [6.07, 6.45) is 1.55. The average molecular weight is 140 g/mol. The van der Waals surface area contributed by atoms with Gasteiger partial charge in [0, 0.05) is 0 Å². The average Bonchev–Trinajstić information content (AvgIpc) is 1.91. The summed E-state index contributed by atoms with van der Waals surface area (Å²) in [6, 6.07) is 0. The Labute approximate surface area is 60.6 Å². The first kappa shape index (κ1) is 7.45. The maximum atomic E-state index is 11.0. The van der Waals surface area contributed by atoms with Crippen molar-refractivity contribution in [2.75, 3.05) is 0 Å². The third-order valence-corrected chi connectivity index (χ3v) is 2.60. The summed E-state index contributed by atoms with van der Waals surface area (Å²) in [5.41, 5.74) is -0.556. The molecule has 1 fully saturated rings. The highest BCUT2D eigenvalue weighted by atomic mass is 16.2. The molecule has 2 nitrogen and oxygen atoms in total. The van der Waals surface area contributed by atoms with Crippen molar-refractivity contribution in [1.82, 2.24) is 0 Å². The molecule has 56 valence electrons. The summed E-state index contributed by atoms with van der Waals surface area (Å²) < 4.78 is 0. The van der Waals surface area contributed by atoms with Gasteiger partial charge >= 0.3 is 0 Å². The summed E-state index contributed by atoms with van der Waals surface area (Å²) in [4.78, 5) is 22.0. The SMILES string of the molecule is CCC1(CC)C(=O)CC1=O. The zero-order chi connectivity index (χ0) is 7.78. The van der Waals surface area contributed by atoms with Gasteiger partial charge in [-0.3, -0.25) is 9.59 Å². The fourth-order valence-corrected chi connectivity index (χ4v) is 1.57. The summed E-state index contributed by atoms with van der Waals surface area (Å²) in [5, 5.41) is 0. The molecule has 0 atom stereocenters. The van der Waals surface area contributed by atoms with Gasteiger partial charge in [0.2, 0.25) is 0 Å². The number of hydrogen-bond acceptors (Lipinski definition) is 2. The molecule has 1 aliphatic carbocycles. The fraction of sp³-hybridized carbons (Fsp3) is 0.750. The monoisotopic (exact) mass is 140 g/mol. The first-order chi connectivity index (χ1) is 4.67. The summed E-state index contributed by atoms with van der Waals surface area (Å²) in [5.74, 6) is 0.282. The van der Waals surface area contributed by atoms with Crippen molar-refractivity contribution in [2.24, 2.45) is 5.41 Å². The largest absolute Gasteiger partial charge is 0.298 e. The molecule has 0 radical (unpaired) electrons.